The first-order valence-corrected chi connectivity index (χ1v) is 4.59. The Hall–Kier alpha value is -0.0800. The van der Waals surface area contributed by atoms with E-state index in [4.69, 9.17) is 0 Å². The van der Waals surface area contributed by atoms with Gasteiger partial charge in [-0.25, -0.2) is 0 Å². The molecule has 1 aliphatic rings. The van der Waals surface area contributed by atoms with Crippen LogP contribution >= 0.6 is 0 Å². The molecule has 0 aromatic heterocycles. The number of aliphatic hydroxyl groups excluding tert-OH is 1. The first kappa shape index (κ1) is 9.01. The number of rotatable bonds is 5. The van der Waals surface area contributed by atoms with E-state index in [1.165, 1.54) is 19.4 Å². The summed E-state index contributed by atoms with van der Waals surface area (Å²) in [6.45, 7) is 4.04. The van der Waals surface area contributed by atoms with Crippen molar-refractivity contribution in [2.24, 2.45) is 5.92 Å². The smallest absolute Gasteiger partial charge is 0.0664 e. The number of hydrogen-bond donors (Lipinski definition) is 1. The van der Waals surface area contributed by atoms with Crippen LogP contribution in [0.25, 0.3) is 0 Å². The van der Waals surface area contributed by atoms with Crippen LogP contribution in [0.4, 0.5) is 0 Å². The Morgan fingerprint density at radius 2 is 2.18 bits per heavy atom. The zero-order chi connectivity index (χ0) is 8.27. The highest BCUT2D eigenvalue weighted by atomic mass is 16.3. The van der Waals surface area contributed by atoms with Crippen molar-refractivity contribution in [2.45, 2.75) is 32.3 Å². The molecule has 1 rings (SSSR count). The molecule has 2 heteroatoms. The summed E-state index contributed by atoms with van der Waals surface area (Å²) in [6.07, 6.45) is 3.53. The van der Waals surface area contributed by atoms with Crippen molar-refractivity contribution in [1.82, 2.24) is 4.90 Å². The van der Waals surface area contributed by atoms with Crippen LogP contribution in [0.1, 0.15) is 26.2 Å². The molecule has 0 bridgehead atoms. The first-order valence-electron chi connectivity index (χ1n) is 4.59. The molecule has 0 heterocycles. The molecule has 1 saturated carbocycles. The molecule has 0 radical (unpaired) electrons. The third-order valence-electron chi connectivity index (χ3n) is 2.26. The molecule has 0 aromatic rings. The predicted molar refractivity (Wildman–Crippen MR) is 46.5 cm³/mol. The van der Waals surface area contributed by atoms with Gasteiger partial charge in [-0.05, 0) is 32.2 Å². The fourth-order valence-electron chi connectivity index (χ4n) is 1.30. The number of likely N-dealkylation sites (N-methyl/N-ethyl adjacent to an activating group) is 1. The minimum atomic E-state index is -0.126. The van der Waals surface area contributed by atoms with Crippen molar-refractivity contribution in [3.8, 4) is 0 Å². The summed E-state index contributed by atoms with van der Waals surface area (Å²) in [5.74, 6) is 0.934. The average Bonchev–Trinajstić information content (AvgIpc) is 2.71. The van der Waals surface area contributed by atoms with Gasteiger partial charge in [-0.3, -0.25) is 0 Å². The van der Waals surface area contributed by atoms with Crippen molar-refractivity contribution >= 4 is 0 Å². The molecule has 1 aliphatic carbocycles. The second-order valence-corrected chi connectivity index (χ2v) is 3.73. The van der Waals surface area contributed by atoms with Crippen molar-refractivity contribution < 1.29 is 5.11 Å². The van der Waals surface area contributed by atoms with Gasteiger partial charge in [-0.15, -0.1) is 0 Å². The van der Waals surface area contributed by atoms with Gasteiger partial charge in [-0.2, -0.15) is 0 Å². The van der Waals surface area contributed by atoms with Gasteiger partial charge in [0.15, 0.2) is 0 Å². The summed E-state index contributed by atoms with van der Waals surface area (Å²) in [7, 11) is 2.09. The molecule has 2 nitrogen and oxygen atoms in total. The van der Waals surface area contributed by atoms with E-state index in [0.29, 0.717) is 0 Å². The third-order valence-corrected chi connectivity index (χ3v) is 2.26. The molecule has 0 aromatic carbocycles. The Labute approximate surface area is 69.2 Å². The SMILES string of the molecule is CCC(O)CN(C)CC1CC1. The van der Waals surface area contributed by atoms with Gasteiger partial charge in [0.1, 0.15) is 0 Å². The van der Waals surface area contributed by atoms with Crippen molar-refractivity contribution in [2.75, 3.05) is 20.1 Å². The lowest BCUT2D eigenvalue weighted by Gasteiger charge is -2.18. The van der Waals surface area contributed by atoms with Crippen LogP contribution in [0.15, 0.2) is 0 Å². The predicted octanol–water partition coefficient (Wildman–Crippen LogP) is 1.10. The van der Waals surface area contributed by atoms with Crippen molar-refractivity contribution in [1.29, 1.82) is 0 Å². The van der Waals surface area contributed by atoms with E-state index in [-0.39, 0.29) is 6.10 Å². The van der Waals surface area contributed by atoms with Crippen LogP contribution in [0.2, 0.25) is 0 Å². The van der Waals surface area contributed by atoms with E-state index in [9.17, 15) is 5.11 Å². The molecule has 0 saturated heterocycles. The third kappa shape index (κ3) is 3.73. The van der Waals surface area contributed by atoms with Crippen LogP contribution in [0.3, 0.4) is 0 Å². The lowest BCUT2D eigenvalue weighted by atomic mass is 10.2. The van der Waals surface area contributed by atoms with E-state index in [1.807, 2.05) is 6.92 Å². The van der Waals surface area contributed by atoms with Crippen LogP contribution in [0, 0.1) is 5.92 Å². The van der Waals surface area contributed by atoms with Gasteiger partial charge in [-0.1, -0.05) is 6.92 Å². The van der Waals surface area contributed by atoms with Crippen LogP contribution < -0.4 is 0 Å². The van der Waals surface area contributed by atoms with E-state index < -0.39 is 0 Å². The number of nitrogens with zero attached hydrogens (tertiary/aromatic N) is 1. The van der Waals surface area contributed by atoms with Crippen molar-refractivity contribution in [3.63, 3.8) is 0 Å². The van der Waals surface area contributed by atoms with Gasteiger partial charge in [0, 0.05) is 13.1 Å². The number of hydrogen-bond acceptors (Lipinski definition) is 2. The fourth-order valence-corrected chi connectivity index (χ4v) is 1.30. The summed E-state index contributed by atoms with van der Waals surface area (Å²) in [4.78, 5) is 2.24. The van der Waals surface area contributed by atoms with E-state index in [1.54, 1.807) is 0 Å². The fraction of sp³-hybridized carbons (Fsp3) is 1.00. The maximum absolute atomic E-state index is 9.32. The zero-order valence-corrected chi connectivity index (χ0v) is 7.58. The normalized spacial score (nSPS) is 20.7. The summed E-state index contributed by atoms with van der Waals surface area (Å²) in [5, 5.41) is 9.32. The molecular weight excluding hydrogens is 138 g/mol. The van der Waals surface area contributed by atoms with Crippen LogP contribution in [-0.4, -0.2) is 36.2 Å². The largest absolute Gasteiger partial charge is 0.392 e. The summed E-state index contributed by atoms with van der Waals surface area (Å²) in [6, 6.07) is 0. The minimum absolute atomic E-state index is 0.126. The molecule has 11 heavy (non-hydrogen) atoms. The van der Waals surface area contributed by atoms with E-state index in [0.717, 1.165) is 18.9 Å². The summed E-state index contributed by atoms with van der Waals surface area (Å²) >= 11 is 0. The minimum Gasteiger partial charge on any atom is -0.392 e. The molecule has 0 amide bonds. The Morgan fingerprint density at radius 3 is 2.64 bits per heavy atom. The first-order chi connectivity index (χ1) is 5.22. The van der Waals surface area contributed by atoms with Crippen molar-refractivity contribution in [3.05, 3.63) is 0 Å². The van der Waals surface area contributed by atoms with Gasteiger partial charge in [0.05, 0.1) is 6.10 Å². The molecule has 1 unspecified atom stereocenters. The number of aliphatic hydroxyl groups is 1. The maximum Gasteiger partial charge on any atom is 0.0664 e. The Balaban J connectivity index is 2.03. The second kappa shape index (κ2) is 4.07. The Kier molecular flexibility index (Phi) is 3.34. The molecule has 1 N–H and O–H groups in total. The Bertz CT molecular complexity index is 112. The zero-order valence-electron chi connectivity index (χ0n) is 7.58. The summed E-state index contributed by atoms with van der Waals surface area (Å²) < 4.78 is 0. The van der Waals surface area contributed by atoms with Crippen LogP contribution in [0.5, 0.6) is 0 Å². The Morgan fingerprint density at radius 1 is 1.55 bits per heavy atom. The second-order valence-electron chi connectivity index (χ2n) is 3.73. The lowest BCUT2D eigenvalue weighted by molar-refractivity contribution is 0.120. The monoisotopic (exact) mass is 157 g/mol. The quantitative estimate of drug-likeness (QED) is 0.646. The highest BCUT2D eigenvalue weighted by Crippen LogP contribution is 2.29. The molecule has 66 valence electrons. The molecular formula is C9H19NO. The van der Waals surface area contributed by atoms with Gasteiger partial charge < -0.3 is 10.0 Å². The van der Waals surface area contributed by atoms with Crippen LogP contribution in [-0.2, 0) is 0 Å². The van der Waals surface area contributed by atoms with Gasteiger partial charge in [0.2, 0.25) is 0 Å². The highest BCUT2D eigenvalue weighted by Gasteiger charge is 2.23. The summed E-state index contributed by atoms with van der Waals surface area (Å²) in [5.41, 5.74) is 0. The highest BCUT2D eigenvalue weighted by molar-refractivity contribution is 4.76. The topological polar surface area (TPSA) is 23.5 Å². The average molecular weight is 157 g/mol. The molecule has 1 fully saturated rings. The maximum atomic E-state index is 9.32. The van der Waals surface area contributed by atoms with E-state index in [2.05, 4.69) is 11.9 Å². The molecule has 0 aliphatic heterocycles. The van der Waals surface area contributed by atoms with Gasteiger partial charge in [0.25, 0.3) is 0 Å². The molecule has 1 atom stereocenters. The molecule has 0 spiro atoms. The lowest BCUT2D eigenvalue weighted by Crippen LogP contribution is -2.30. The standard InChI is InChI=1S/C9H19NO/c1-3-9(11)7-10(2)6-8-4-5-8/h8-9,11H,3-7H2,1-2H3. The van der Waals surface area contributed by atoms with E-state index >= 15 is 0 Å². The van der Waals surface area contributed by atoms with Gasteiger partial charge >= 0.3 is 0 Å².